The summed E-state index contributed by atoms with van der Waals surface area (Å²) in [4.78, 5) is 38.5. The number of carbonyl (C=O) groups excluding carboxylic acids is 1. The molecule has 9 heteroatoms. The SMILES string of the molecule is CCNc1nc(SC(C)C(=O)Nc2ccc3[nH]c(=O)[nH]c3c2)nc2ccccc12. The molecule has 2 heterocycles. The van der Waals surface area contributed by atoms with Gasteiger partial charge in [0.05, 0.1) is 21.8 Å². The number of hydrogen-bond donors (Lipinski definition) is 4. The number of hydrogen-bond acceptors (Lipinski definition) is 6. The standard InChI is InChI=1S/C20H20N6O2S/c1-3-21-17-13-6-4-5-7-14(13)25-20(26-17)29-11(2)18(27)22-12-8-9-15-16(10-12)24-19(28)23-15/h4-11H,3H2,1-2H3,(H,22,27)(H,21,25,26)(H2,23,24,28). The van der Waals surface area contributed by atoms with Crippen molar-refractivity contribution in [2.45, 2.75) is 24.3 Å². The van der Waals surface area contributed by atoms with Gasteiger partial charge in [-0.1, -0.05) is 23.9 Å². The number of benzene rings is 2. The number of aromatic amines is 2. The van der Waals surface area contributed by atoms with Gasteiger partial charge in [-0.05, 0) is 44.2 Å². The molecule has 0 radical (unpaired) electrons. The summed E-state index contributed by atoms with van der Waals surface area (Å²) in [7, 11) is 0. The van der Waals surface area contributed by atoms with Gasteiger partial charge in [0.25, 0.3) is 0 Å². The van der Waals surface area contributed by atoms with Crippen molar-refractivity contribution in [3.8, 4) is 0 Å². The van der Waals surface area contributed by atoms with Crippen LogP contribution in [0, 0.1) is 0 Å². The Bertz CT molecular complexity index is 1250. The van der Waals surface area contributed by atoms with Gasteiger partial charge in [-0.2, -0.15) is 0 Å². The number of para-hydroxylation sites is 1. The Balaban J connectivity index is 1.52. The second kappa shape index (κ2) is 7.96. The monoisotopic (exact) mass is 408 g/mol. The summed E-state index contributed by atoms with van der Waals surface area (Å²) in [5.74, 6) is 0.587. The number of aromatic nitrogens is 4. The quantitative estimate of drug-likeness (QED) is 0.287. The van der Waals surface area contributed by atoms with Crippen LogP contribution in [0.2, 0.25) is 0 Å². The van der Waals surface area contributed by atoms with Crippen molar-refractivity contribution >= 4 is 51.1 Å². The summed E-state index contributed by atoms with van der Waals surface area (Å²) in [6, 6.07) is 13.0. The van der Waals surface area contributed by atoms with Gasteiger partial charge in [0.2, 0.25) is 5.91 Å². The van der Waals surface area contributed by atoms with Gasteiger partial charge in [-0.3, -0.25) is 4.79 Å². The maximum absolute atomic E-state index is 12.6. The fourth-order valence-corrected chi connectivity index (χ4v) is 3.75. The number of nitrogens with one attached hydrogen (secondary N) is 4. The lowest BCUT2D eigenvalue weighted by Gasteiger charge is -2.13. The Hall–Kier alpha value is -3.33. The van der Waals surface area contributed by atoms with Gasteiger partial charge in [-0.15, -0.1) is 0 Å². The van der Waals surface area contributed by atoms with Crippen molar-refractivity contribution in [3.63, 3.8) is 0 Å². The molecule has 1 atom stereocenters. The van der Waals surface area contributed by atoms with E-state index in [4.69, 9.17) is 0 Å². The predicted molar refractivity (Wildman–Crippen MR) is 117 cm³/mol. The highest BCUT2D eigenvalue weighted by molar-refractivity contribution is 8.00. The smallest absolute Gasteiger partial charge is 0.323 e. The number of nitrogens with zero attached hydrogens (tertiary/aromatic N) is 2. The molecular weight excluding hydrogens is 388 g/mol. The molecule has 0 bridgehead atoms. The molecule has 4 N–H and O–H groups in total. The van der Waals surface area contributed by atoms with Gasteiger partial charge in [0.1, 0.15) is 5.82 Å². The van der Waals surface area contributed by atoms with E-state index >= 15 is 0 Å². The summed E-state index contributed by atoms with van der Waals surface area (Å²) >= 11 is 1.30. The molecule has 0 saturated heterocycles. The van der Waals surface area contributed by atoms with E-state index in [0.29, 0.717) is 21.9 Å². The molecule has 0 aliphatic carbocycles. The van der Waals surface area contributed by atoms with E-state index < -0.39 is 5.25 Å². The first-order valence-electron chi connectivity index (χ1n) is 9.23. The van der Waals surface area contributed by atoms with Crippen LogP contribution in [0.3, 0.4) is 0 Å². The fourth-order valence-electron chi connectivity index (χ4n) is 2.98. The van der Waals surface area contributed by atoms with Crippen molar-refractivity contribution in [2.24, 2.45) is 0 Å². The van der Waals surface area contributed by atoms with Crippen molar-refractivity contribution in [1.82, 2.24) is 19.9 Å². The molecule has 1 amide bonds. The van der Waals surface area contributed by atoms with E-state index in [2.05, 4.69) is 30.6 Å². The van der Waals surface area contributed by atoms with Crippen LogP contribution in [-0.4, -0.2) is 37.6 Å². The molecule has 2 aromatic heterocycles. The Kier molecular flexibility index (Phi) is 5.22. The molecule has 0 aliphatic heterocycles. The van der Waals surface area contributed by atoms with E-state index in [1.165, 1.54) is 11.8 Å². The van der Waals surface area contributed by atoms with Crippen LogP contribution in [0.5, 0.6) is 0 Å². The van der Waals surface area contributed by atoms with E-state index in [1.807, 2.05) is 38.1 Å². The normalized spacial score (nSPS) is 12.2. The molecule has 2 aromatic carbocycles. The minimum atomic E-state index is -0.411. The Morgan fingerprint density at radius 2 is 1.93 bits per heavy atom. The second-order valence-corrected chi connectivity index (χ2v) is 7.80. The summed E-state index contributed by atoms with van der Waals surface area (Å²) in [6.45, 7) is 4.56. The Morgan fingerprint density at radius 1 is 1.14 bits per heavy atom. The molecule has 1 unspecified atom stereocenters. The fraction of sp³-hybridized carbons (Fsp3) is 0.200. The van der Waals surface area contributed by atoms with Crippen molar-refractivity contribution in [3.05, 3.63) is 52.9 Å². The zero-order valence-corrected chi connectivity index (χ0v) is 16.8. The van der Waals surface area contributed by atoms with Gasteiger partial charge >= 0.3 is 5.69 Å². The average molecular weight is 408 g/mol. The first kappa shape index (κ1) is 19.0. The molecule has 8 nitrogen and oxygen atoms in total. The van der Waals surface area contributed by atoms with Gasteiger partial charge in [0.15, 0.2) is 5.16 Å². The molecule has 148 valence electrons. The number of imidazole rings is 1. The third-order valence-corrected chi connectivity index (χ3v) is 5.32. The molecule has 0 saturated carbocycles. The van der Waals surface area contributed by atoms with Gasteiger partial charge < -0.3 is 20.6 Å². The number of amides is 1. The lowest BCUT2D eigenvalue weighted by atomic mass is 10.2. The minimum absolute atomic E-state index is 0.172. The summed E-state index contributed by atoms with van der Waals surface area (Å²) < 4.78 is 0. The Labute approximate surface area is 170 Å². The first-order valence-corrected chi connectivity index (χ1v) is 10.1. The zero-order chi connectivity index (χ0) is 20.4. The van der Waals surface area contributed by atoms with Crippen LogP contribution in [0.4, 0.5) is 11.5 Å². The van der Waals surface area contributed by atoms with Crippen LogP contribution in [0.1, 0.15) is 13.8 Å². The molecule has 0 fully saturated rings. The number of fused-ring (bicyclic) bond motifs is 2. The summed E-state index contributed by atoms with van der Waals surface area (Å²) in [5, 5.41) is 7.20. The first-order chi connectivity index (χ1) is 14.0. The van der Waals surface area contributed by atoms with Crippen molar-refractivity contribution in [1.29, 1.82) is 0 Å². The maximum atomic E-state index is 12.6. The van der Waals surface area contributed by atoms with Crippen molar-refractivity contribution < 1.29 is 4.79 Å². The van der Waals surface area contributed by atoms with Crippen LogP contribution >= 0.6 is 11.8 Å². The molecule has 4 aromatic rings. The molecule has 4 rings (SSSR count). The number of carbonyl (C=O) groups is 1. The van der Waals surface area contributed by atoms with E-state index in [0.717, 1.165) is 23.3 Å². The predicted octanol–water partition coefficient (Wildman–Crippen LogP) is 3.35. The van der Waals surface area contributed by atoms with Crippen LogP contribution in [0.15, 0.2) is 52.4 Å². The second-order valence-electron chi connectivity index (χ2n) is 6.49. The largest absolute Gasteiger partial charge is 0.370 e. The molecular formula is C20H20N6O2S. The molecule has 29 heavy (non-hydrogen) atoms. The van der Waals surface area contributed by atoms with Gasteiger partial charge in [0, 0.05) is 17.6 Å². The number of H-pyrrole nitrogens is 2. The summed E-state index contributed by atoms with van der Waals surface area (Å²) in [6.07, 6.45) is 0. The highest BCUT2D eigenvalue weighted by Crippen LogP contribution is 2.27. The van der Waals surface area contributed by atoms with E-state index in [9.17, 15) is 9.59 Å². The lowest BCUT2D eigenvalue weighted by molar-refractivity contribution is -0.115. The zero-order valence-electron chi connectivity index (χ0n) is 15.9. The third kappa shape index (κ3) is 4.09. The molecule has 0 spiro atoms. The van der Waals surface area contributed by atoms with Crippen LogP contribution in [0.25, 0.3) is 21.9 Å². The summed E-state index contributed by atoms with van der Waals surface area (Å²) in [5.41, 5.74) is 2.49. The minimum Gasteiger partial charge on any atom is -0.370 e. The lowest BCUT2D eigenvalue weighted by Crippen LogP contribution is -2.22. The maximum Gasteiger partial charge on any atom is 0.323 e. The van der Waals surface area contributed by atoms with Crippen LogP contribution < -0.4 is 16.3 Å². The Morgan fingerprint density at radius 3 is 2.76 bits per heavy atom. The number of anilines is 2. The van der Waals surface area contributed by atoms with Gasteiger partial charge in [-0.25, -0.2) is 14.8 Å². The van der Waals surface area contributed by atoms with E-state index in [-0.39, 0.29) is 11.6 Å². The van der Waals surface area contributed by atoms with Crippen LogP contribution in [-0.2, 0) is 4.79 Å². The third-order valence-electron chi connectivity index (χ3n) is 4.36. The number of rotatable bonds is 6. The number of thioether (sulfide) groups is 1. The highest BCUT2D eigenvalue weighted by Gasteiger charge is 2.18. The van der Waals surface area contributed by atoms with Crippen molar-refractivity contribution in [2.75, 3.05) is 17.2 Å². The average Bonchev–Trinajstić information content (AvgIpc) is 3.07. The molecule has 0 aliphatic rings. The topological polar surface area (TPSA) is 116 Å². The highest BCUT2D eigenvalue weighted by atomic mass is 32.2. The van der Waals surface area contributed by atoms with E-state index in [1.54, 1.807) is 18.2 Å².